The second-order valence-electron chi connectivity index (χ2n) is 5.21. The molecule has 0 rings (SSSR count). The van der Waals surface area contributed by atoms with Crippen LogP contribution in [0.4, 0.5) is 0 Å². The summed E-state index contributed by atoms with van der Waals surface area (Å²) >= 11 is 0. The zero-order chi connectivity index (χ0) is 15.5. The highest BCUT2D eigenvalue weighted by molar-refractivity contribution is 5.78. The van der Waals surface area contributed by atoms with E-state index in [1.165, 1.54) is 0 Å². The highest BCUT2D eigenvalue weighted by Gasteiger charge is 2.20. The summed E-state index contributed by atoms with van der Waals surface area (Å²) in [4.78, 5) is 8.99. The zero-order valence-corrected chi connectivity index (χ0v) is 13.7. The number of nitrogens with two attached hydrogens (primary N) is 1. The molecule has 0 aromatic heterocycles. The predicted molar refractivity (Wildman–Crippen MR) is 90.0 cm³/mol. The van der Waals surface area contributed by atoms with Crippen LogP contribution >= 0.6 is 0 Å². The van der Waals surface area contributed by atoms with Crippen LogP contribution in [-0.4, -0.2) is 54.5 Å². The standard InChI is InChI=1S/C16H32N4/c1-7-11-20(12-8-2)15(14(5)6)13-18-16(17)19(9-3)10-4/h7-8,14-15H,1-2,9-13H2,3-6H3,(H2,17,18). The maximum Gasteiger partial charge on any atom is 0.191 e. The van der Waals surface area contributed by atoms with Crippen LogP contribution in [0.15, 0.2) is 30.3 Å². The van der Waals surface area contributed by atoms with Crippen molar-refractivity contribution in [2.45, 2.75) is 33.7 Å². The van der Waals surface area contributed by atoms with Crippen LogP contribution in [0.5, 0.6) is 0 Å². The van der Waals surface area contributed by atoms with E-state index in [1.807, 2.05) is 12.2 Å². The van der Waals surface area contributed by atoms with E-state index in [-0.39, 0.29) is 0 Å². The van der Waals surface area contributed by atoms with Crippen molar-refractivity contribution in [3.8, 4) is 0 Å². The van der Waals surface area contributed by atoms with E-state index in [9.17, 15) is 0 Å². The smallest absolute Gasteiger partial charge is 0.191 e. The molecule has 0 saturated heterocycles. The molecule has 0 aliphatic heterocycles. The second kappa shape index (κ2) is 10.5. The average Bonchev–Trinajstić information content (AvgIpc) is 2.40. The lowest BCUT2D eigenvalue weighted by molar-refractivity contribution is 0.195. The van der Waals surface area contributed by atoms with Gasteiger partial charge in [-0.2, -0.15) is 0 Å². The molecule has 1 atom stereocenters. The molecule has 4 nitrogen and oxygen atoms in total. The first-order valence-corrected chi connectivity index (χ1v) is 7.52. The number of aliphatic imine (C=N–C) groups is 1. The summed E-state index contributed by atoms with van der Waals surface area (Å²) in [5, 5.41) is 0. The SMILES string of the molecule is C=CCN(CC=C)C(CN=C(N)N(CC)CC)C(C)C. The Kier molecular flexibility index (Phi) is 9.82. The van der Waals surface area contributed by atoms with Gasteiger partial charge in [0.2, 0.25) is 0 Å². The van der Waals surface area contributed by atoms with Crippen molar-refractivity contribution < 1.29 is 0 Å². The molecule has 0 aromatic carbocycles. The van der Waals surface area contributed by atoms with E-state index in [1.54, 1.807) is 0 Å². The Morgan fingerprint density at radius 3 is 2.00 bits per heavy atom. The van der Waals surface area contributed by atoms with Crippen molar-refractivity contribution in [1.29, 1.82) is 0 Å². The minimum absolute atomic E-state index is 0.347. The van der Waals surface area contributed by atoms with E-state index in [0.717, 1.165) is 26.2 Å². The van der Waals surface area contributed by atoms with Gasteiger partial charge in [0.25, 0.3) is 0 Å². The van der Waals surface area contributed by atoms with Crippen molar-refractivity contribution in [1.82, 2.24) is 9.80 Å². The van der Waals surface area contributed by atoms with Gasteiger partial charge in [0.15, 0.2) is 5.96 Å². The Morgan fingerprint density at radius 1 is 1.15 bits per heavy atom. The molecule has 0 saturated carbocycles. The zero-order valence-electron chi connectivity index (χ0n) is 13.7. The van der Waals surface area contributed by atoms with Gasteiger partial charge in [-0.3, -0.25) is 9.89 Å². The largest absolute Gasteiger partial charge is 0.370 e. The van der Waals surface area contributed by atoms with Crippen LogP contribution in [0.1, 0.15) is 27.7 Å². The van der Waals surface area contributed by atoms with Gasteiger partial charge in [-0.25, -0.2) is 0 Å². The summed E-state index contributed by atoms with van der Waals surface area (Å²) in [6.45, 7) is 20.4. The molecule has 0 aromatic rings. The van der Waals surface area contributed by atoms with Crippen LogP contribution in [-0.2, 0) is 0 Å². The fraction of sp³-hybridized carbons (Fsp3) is 0.688. The molecule has 0 radical (unpaired) electrons. The van der Waals surface area contributed by atoms with Gasteiger partial charge < -0.3 is 10.6 Å². The quantitative estimate of drug-likeness (QED) is 0.379. The molecular weight excluding hydrogens is 248 g/mol. The first kappa shape index (κ1) is 18.7. The number of hydrogen-bond donors (Lipinski definition) is 1. The Bertz CT molecular complexity index is 296. The Balaban J connectivity index is 4.87. The molecule has 0 fully saturated rings. The summed E-state index contributed by atoms with van der Waals surface area (Å²) in [6.07, 6.45) is 3.85. The van der Waals surface area contributed by atoms with E-state index in [0.29, 0.717) is 24.5 Å². The topological polar surface area (TPSA) is 44.9 Å². The Hall–Kier alpha value is -1.29. The third-order valence-corrected chi connectivity index (χ3v) is 3.49. The van der Waals surface area contributed by atoms with Gasteiger partial charge in [-0.05, 0) is 19.8 Å². The van der Waals surface area contributed by atoms with Crippen molar-refractivity contribution >= 4 is 5.96 Å². The number of rotatable bonds is 10. The fourth-order valence-electron chi connectivity index (χ4n) is 2.26. The molecule has 4 heteroatoms. The van der Waals surface area contributed by atoms with Gasteiger partial charge in [0, 0.05) is 32.2 Å². The summed E-state index contributed by atoms with van der Waals surface area (Å²) in [5.74, 6) is 1.14. The molecular formula is C16H32N4. The van der Waals surface area contributed by atoms with E-state index in [2.05, 4.69) is 55.6 Å². The van der Waals surface area contributed by atoms with Crippen molar-refractivity contribution in [3.63, 3.8) is 0 Å². The van der Waals surface area contributed by atoms with Crippen LogP contribution in [0.2, 0.25) is 0 Å². The molecule has 0 heterocycles. The summed E-state index contributed by atoms with van der Waals surface area (Å²) in [7, 11) is 0. The van der Waals surface area contributed by atoms with Crippen molar-refractivity contribution in [3.05, 3.63) is 25.3 Å². The summed E-state index contributed by atoms with van der Waals surface area (Å²) < 4.78 is 0. The molecule has 1 unspecified atom stereocenters. The maximum absolute atomic E-state index is 6.05. The third kappa shape index (κ3) is 6.24. The lowest BCUT2D eigenvalue weighted by Gasteiger charge is -2.32. The Labute approximate surface area is 125 Å². The van der Waals surface area contributed by atoms with E-state index < -0.39 is 0 Å². The van der Waals surface area contributed by atoms with Crippen LogP contribution in [0.25, 0.3) is 0 Å². The minimum atomic E-state index is 0.347. The van der Waals surface area contributed by atoms with Crippen LogP contribution < -0.4 is 5.73 Å². The fourth-order valence-corrected chi connectivity index (χ4v) is 2.26. The molecule has 0 spiro atoms. The second-order valence-corrected chi connectivity index (χ2v) is 5.21. The highest BCUT2D eigenvalue weighted by Crippen LogP contribution is 2.12. The highest BCUT2D eigenvalue weighted by atomic mass is 15.3. The van der Waals surface area contributed by atoms with Gasteiger partial charge in [-0.15, -0.1) is 13.2 Å². The molecule has 0 aliphatic carbocycles. The first-order valence-electron chi connectivity index (χ1n) is 7.52. The molecule has 0 bridgehead atoms. The van der Waals surface area contributed by atoms with Gasteiger partial charge in [0.05, 0.1) is 6.54 Å². The van der Waals surface area contributed by atoms with Gasteiger partial charge >= 0.3 is 0 Å². The molecule has 2 N–H and O–H groups in total. The number of nitrogens with zero attached hydrogens (tertiary/aromatic N) is 3. The predicted octanol–water partition coefficient (Wildman–Crippen LogP) is 2.34. The summed E-state index contributed by atoms with van der Waals surface area (Å²) in [6, 6.07) is 0.347. The summed E-state index contributed by atoms with van der Waals surface area (Å²) in [5.41, 5.74) is 6.05. The first-order chi connectivity index (χ1) is 9.51. The monoisotopic (exact) mass is 280 g/mol. The van der Waals surface area contributed by atoms with Crippen molar-refractivity contribution in [2.75, 3.05) is 32.7 Å². The molecule has 20 heavy (non-hydrogen) atoms. The molecule has 0 aliphatic rings. The van der Waals surface area contributed by atoms with E-state index in [4.69, 9.17) is 5.73 Å². The van der Waals surface area contributed by atoms with Crippen LogP contribution in [0.3, 0.4) is 0 Å². The third-order valence-electron chi connectivity index (χ3n) is 3.49. The average molecular weight is 280 g/mol. The number of guanidine groups is 1. The van der Waals surface area contributed by atoms with E-state index >= 15 is 0 Å². The molecule has 116 valence electrons. The lowest BCUT2D eigenvalue weighted by Crippen LogP contribution is -2.43. The Morgan fingerprint density at radius 2 is 1.65 bits per heavy atom. The van der Waals surface area contributed by atoms with Crippen molar-refractivity contribution in [2.24, 2.45) is 16.6 Å². The number of hydrogen-bond acceptors (Lipinski definition) is 2. The van der Waals surface area contributed by atoms with Gasteiger partial charge in [0.1, 0.15) is 0 Å². The van der Waals surface area contributed by atoms with Crippen LogP contribution in [0, 0.1) is 5.92 Å². The van der Waals surface area contributed by atoms with Gasteiger partial charge in [-0.1, -0.05) is 26.0 Å². The molecule has 0 amide bonds. The normalized spacial score (nSPS) is 13.6. The maximum atomic E-state index is 6.05. The lowest BCUT2D eigenvalue weighted by atomic mass is 10.0. The minimum Gasteiger partial charge on any atom is -0.370 e.